The normalized spacial score (nSPS) is 16.4. The van der Waals surface area contributed by atoms with E-state index < -0.39 is 0 Å². The Morgan fingerprint density at radius 3 is 2.10 bits per heavy atom. The van der Waals surface area contributed by atoms with Gasteiger partial charge in [-0.25, -0.2) is 0 Å². The van der Waals surface area contributed by atoms with Crippen molar-refractivity contribution in [3.8, 4) is 23.0 Å². The fourth-order valence-corrected chi connectivity index (χ4v) is 3.11. The number of rotatable bonds is 3. The SMILES string of the molecule is COc1ccc(O)c(CN2CCNC(=O)COc3ccccc3OCC(=O)NCC2)c1. The molecule has 0 fully saturated rings. The van der Waals surface area contributed by atoms with Gasteiger partial charge in [-0.15, -0.1) is 0 Å². The molecular weight excluding hydrogens is 402 g/mol. The fraction of sp³-hybridized carbons (Fsp3) is 0.364. The molecule has 0 aliphatic carbocycles. The van der Waals surface area contributed by atoms with Gasteiger partial charge in [0.05, 0.1) is 7.11 Å². The van der Waals surface area contributed by atoms with E-state index in [0.29, 0.717) is 55.5 Å². The summed E-state index contributed by atoms with van der Waals surface area (Å²) in [5, 5.41) is 15.8. The van der Waals surface area contributed by atoms with Crippen LogP contribution in [0.25, 0.3) is 0 Å². The van der Waals surface area contributed by atoms with Crippen LogP contribution in [0.15, 0.2) is 42.5 Å². The largest absolute Gasteiger partial charge is 0.508 e. The molecule has 0 saturated heterocycles. The minimum absolute atomic E-state index is 0.157. The Morgan fingerprint density at radius 1 is 0.968 bits per heavy atom. The quantitative estimate of drug-likeness (QED) is 0.665. The fourth-order valence-electron chi connectivity index (χ4n) is 3.11. The zero-order chi connectivity index (χ0) is 22.1. The third kappa shape index (κ3) is 6.78. The van der Waals surface area contributed by atoms with Crippen LogP contribution >= 0.6 is 0 Å². The first kappa shape index (κ1) is 22.2. The second-order valence-electron chi connectivity index (χ2n) is 6.99. The number of methoxy groups -OCH3 is 1. The summed E-state index contributed by atoms with van der Waals surface area (Å²) >= 11 is 0. The Morgan fingerprint density at radius 2 is 1.55 bits per heavy atom. The maximum absolute atomic E-state index is 12.2. The van der Waals surface area contributed by atoms with Crippen LogP contribution < -0.4 is 24.8 Å². The van der Waals surface area contributed by atoms with Gasteiger partial charge in [-0.3, -0.25) is 14.5 Å². The van der Waals surface area contributed by atoms with Crippen LogP contribution in [-0.2, 0) is 16.1 Å². The molecule has 9 nitrogen and oxygen atoms in total. The van der Waals surface area contributed by atoms with E-state index >= 15 is 0 Å². The number of nitrogens with one attached hydrogen (secondary N) is 2. The van der Waals surface area contributed by atoms with Crippen LogP contribution in [0.3, 0.4) is 0 Å². The number of carbonyl (C=O) groups excluding carboxylic acids is 2. The number of phenolic OH excluding ortho intramolecular Hbond substituents is 1. The Labute approximate surface area is 180 Å². The molecule has 166 valence electrons. The van der Waals surface area contributed by atoms with Crippen LogP contribution in [0.4, 0.5) is 0 Å². The van der Waals surface area contributed by atoms with Gasteiger partial charge in [0.1, 0.15) is 11.5 Å². The number of carbonyl (C=O) groups is 2. The molecule has 1 aliphatic heterocycles. The van der Waals surface area contributed by atoms with Crippen LogP contribution in [0.1, 0.15) is 5.56 Å². The van der Waals surface area contributed by atoms with E-state index in [1.807, 2.05) is 4.90 Å². The number of ether oxygens (including phenoxy) is 3. The highest BCUT2D eigenvalue weighted by Gasteiger charge is 2.14. The summed E-state index contributed by atoms with van der Waals surface area (Å²) in [4.78, 5) is 26.4. The molecule has 3 N–H and O–H groups in total. The molecule has 3 rings (SSSR count). The van der Waals surface area contributed by atoms with Crippen LogP contribution in [0, 0.1) is 0 Å². The molecule has 0 aromatic heterocycles. The molecule has 2 aromatic carbocycles. The van der Waals surface area contributed by atoms with Crippen molar-refractivity contribution >= 4 is 11.8 Å². The number of benzene rings is 2. The van der Waals surface area contributed by atoms with Crippen LogP contribution in [0.5, 0.6) is 23.0 Å². The monoisotopic (exact) mass is 429 g/mol. The number of amides is 2. The predicted molar refractivity (Wildman–Crippen MR) is 113 cm³/mol. The molecule has 0 spiro atoms. The minimum atomic E-state index is -0.261. The van der Waals surface area contributed by atoms with Gasteiger partial charge in [0.2, 0.25) is 0 Å². The first-order valence-electron chi connectivity index (χ1n) is 10.0. The van der Waals surface area contributed by atoms with Gasteiger partial charge in [0, 0.05) is 38.3 Å². The van der Waals surface area contributed by atoms with E-state index in [9.17, 15) is 14.7 Å². The zero-order valence-electron chi connectivity index (χ0n) is 17.4. The standard InChI is InChI=1S/C22H27N3O6/c1-29-17-6-7-18(26)16(12-17)13-25-10-8-23-21(27)14-30-19-4-2-3-5-20(19)31-15-22(28)24-9-11-25/h2-7,12,26H,8-11,13-15H2,1H3,(H,23,27)(H,24,28). The van der Waals surface area contributed by atoms with E-state index in [-0.39, 0.29) is 30.8 Å². The summed E-state index contributed by atoms with van der Waals surface area (Å²) in [6.07, 6.45) is 0. The van der Waals surface area contributed by atoms with Gasteiger partial charge in [-0.1, -0.05) is 12.1 Å². The highest BCUT2D eigenvalue weighted by Crippen LogP contribution is 2.26. The van der Waals surface area contributed by atoms with E-state index in [4.69, 9.17) is 14.2 Å². The summed E-state index contributed by atoms with van der Waals surface area (Å²) in [5.74, 6) is 1.07. The second kappa shape index (κ2) is 11.1. The lowest BCUT2D eigenvalue weighted by molar-refractivity contribution is -0.124. The molecule has 0 bridgehead atoms. The number of fused-ring (bicyclic) bond motifs is 1. The van der Waals surface area contributed by atoms with Crippen molar-refractivity contribution in [3.05, 3.63) is 48.0 Å². The Bertz CT molecular complexity index is 860. The van der Waals surface area contributed by atoms with Gasteiger partial charge in [-0.2, -0.15) is 0 Å². The molecule has 2 aromatic rings. The molecule has 9 heteroatoms. The second-order valence-corrected chi connectivity index (χ2v) is 6.99. The Hall–Kier alpha value is -3.46. The van der Waals surface area contributed by atoms with Gasteiger partial charge in [0.25, 0.3) is 11.8 Å². The number of hydrogen-bond donors (Lipinski definition) is 3. The zero-order valence-corrected chi connectivity index (χ0v) is 17.4. The smallest absolute Gasteiger partial charge is 0.257 e. The maximum Gasteiger partial charge on any atom is 0.257 e. The van der Waals surface area contributed by atoms with Crippen molar-refractivity contribution in [1.29, 1.82) is 0 Å². The number of nitrogens with zero attached hydrogens (tertiary/aromatic N) is 1. The third-order valence-corrected chi connectivity index (χ3v) is 4.75. The van der Waals surface area contributed by atoms with Crippen LogP contribution in [0.2, 0.25) is 0 Å². The van der Waals surface area contributed by atoms with Crippen molar-refractivity contribution in [2.45, 2.75) is 6.54 Å². The Balaban J connectivity index is 1.67. The molecule has 31 heavy (non-hydrogen) atoms. The molecule has 2 amide bonds. The summed E-state index contributed by atoms with van der Waals surface area (Å²) in [5.41, 5.74) is 0.692. The van der Waals surface area contributed by atoms with Crippen molar-refractivity contribution in [3.63, 3.8) is 0 Å². The number of para-hydroxylation sites is 2. The summed E-state index contributed by atoms with van der Waals surface area (Å²) in [6.45, 7) is 1.91. The lowest BCUT2D eigenvalue weighted by Crippen LogP contribution is -2.40. The highest BCUT2D eigenvalue weighted by atomic mass is 16.5. The van der Waals surface area contributed by atoms with Gasteiger partial charge < -0.3 is 30.0 Å². The van der Waals surface area contributed by atoms with Crippen LogP contribution in [-0.4, -0.2) is 68.3 Å². The third-order valence-electron chi connectivity index (χ3n) is 4.75. The Kier molecular flexibility index (Phi) is 7.94. The molecule has 0 saturated carbocycles. The molecule has 0 atom stereocenters. The van der Waals surface area contributed by atoms with E-state index in [1.54, 1.807) is 49.6 Å². The van der Waals surface area contributed by atoms with E-state index in [0.717, 1.165) is 0 Å². The van der Waals surface area contributed by atoms with E-state index in [1.165, 1.54) is 0 Å². The molecule has 0 radical (unpaired) electrons. The lowest BCUT2D eigenvalue weighted by Gasteiger charge is -2.23. The topological polar surface area (TPSA) is 109 Å². The van der Waals surface area contributed by atoms with Crippen molar-refractivity contribution in [2.24, 2.45) is 0 Å². The minimum Gasteiger partial charge on any atom is -0.508 e. The van der Waals surface area contributed by atoms with Gasteiger partial charge in [-0.05, 0) is 30.3 Å². The molecular formula is C22H27N3O6. The predicted octanol–water partition coefficient (Wildman–Crippen LogP) is 0.907. The summed E-state index contributed by atoms with van der Waals surface area (Å²) in [6, 6.07) is 11.9. The molecule has 1 aliphatic rings. The number of aromatic hydroxyl groups is 1. The van der Waals surface area contributed by atoms with Crippen molar-refractivity contribution in [1.82, 2.24) is 15.5 Å². The number of phenols is 1. The average Bonchev–Trinajstić information content (AvgIpc) is 2.78. The molecule has 1 heterocycles. The summed E-state index contributed by atoms with van der Waals surface area (Å²) < 4.78 is 16.3. The first-order valence-corrected chi connectivity index (χ1v) is 10.0. The molecule has 0 unspecified atom stereocenters. The number of hydrogen-bond acceptors (Lipinski definition) is 7. The van der Waals surface area contributed by atoms with Gasteiger partial charge in [0.15, 0.2) is 24.7 Å². The highest BCUT2D eigenvalue weighted by molar-refractivity contribution is 5.78. The first-order chi connectivity index (χ1) is 15.0. The van der Waals surface area contributed by atoms with E-state index in [2.05, 4.69) is 10.6 Å². The summed E-state index contributed by atoms with van der Waals surface area (Å²) in [7, 11) is 1.56. The van der Waals surface area contributed by atoms with Gasteiger partial charge >= 0.3 is 0 Å². The lowest BCUT2D eigenvalue weighted by atomic mass is 10.1. The van der Waals surface area contributed by atoms with Crippen molar-refractivity contribution < 1.29 is 28.9 Å². The maximum atomic E-state index is 12.2. The van der Waals surface area contributed by atoms with Crippen molar-refractivity contribution in [2.75, 3.05) is 46.5 Å². The average molecular weight is 429 g/mol.